The number of benzene rings is 4. The molecule has 9 atom stereocenters. The molecule has 3 aliphatic rings. The first-order chi connectivity index (χ1) is 30.4. The number of hydrogen-bond acceptors (Lipinski definition) is 10. The molecule has 7 rings (SSSR count). The Labute approximate surface area is 381 Å². The molecule has 0 aliphatic carbocycles. The van der Waals surface area contributed by atoms with E-state index in [0.29, 0.717) is 52.1 Å². The standard InChI is InChI=1S/C51H64O10SeSi/c1-51(2,3)63(5,6)61-46-31-45-48(35-57-50(60-45)38-22-24-39(53-4)25-23-38)59-42(46)28-29-55-43-30-44(56-33-37-18-12-8-13-19-37)47(34-54-32-36-16-10-7-11-17-36)58-41(43)26-27-49(52)62-40-20-14-9-15-21-40/h7-25,28-29,41-48,50H,26-27,30-35H2,1-6H3/b29-28+/t41-,42+,43+,44-,45+,46-,47+,48-,50-/m1/s1. The van der Waals surface area contributed by atoms with E-state index in [4.69, 9.17) is 42.3 Å². The second kappa shape index (κ2) is 22.5. The third-order valence-corrected chi connectivity index (χ3v) is 18.9. The molecule has 0 unspecified atom stereocenters. The molecule has 0 amide bonds. The van der Waals surface area contributed by atoms with Crippen molar-refractivity contribution in [3.05, 3.63) is 144 Å². The minimum absolute atomic E-state index is 0.0151. The van der Waals surface area contributed by atoms with Crippen LogP contribution in [0.5, 0.6) is 5.75 Å². The van der Waals surface area contributed by atoms with E-state index < -0.39 is 26.8 Å². The van der Waals surface area contributed by atoms with Crippen molar-refractivity contribution in [3.8, 4) is 5.75 Å². The zero-order chi connectivity index (χ0) is 44.2. The van der Waals surface area contributed by atoms with Crippen molar-refractivity contribution < 1.29 is 47.1 Å². The number of carbonyl (C=O) groups excluding carboxylic acids is 1. The molecule has 3 aliphatic heterocycles. The predicted molar refractivity (Wildman–Crippen MR) is 246 cm³/mol. The monoisotopic (exact) mass is 944 g/mol. The second-order valence-electron chi connectivity index (χ2n) is 18.0. The summed E-state index contributed by atoms with van der Waals surface area (Å²) in [5.41, 5.74) is 3.08. The van der Waals surface area contributed by atoms with Crippen LogP contribution in [0.4, 0.5) is 0 Å². The minimum atomic E-state index is -2.24. The van der Waals surface area contributed by atoms with E-state index in [1.54, 1.807) is 13.4 Å². The number of rotatable bonds is 19. The fourth-order valence-corrected chi connectivity index (χ4v) is 10.8. The van der Waals surface area contributed by atoms with E-state index in [2.05, 4.69) is 58.1 Å². The molecule has 3 fully saturated rings. The zero-order valence-corrected chi connectivity index (χ0v) is 40.2. The Morgan fingerprint density at radius 2 is 1.43 bits per heavy atom. The Hall–Kier alpha value is -3.65. The topological polar surface area (TPSA) is 100 Å². The number of ether oxygens (including phenoxy) is 8. The second-order valence-corrected chi connectivity index (χ2v) is 25.1. The summed E-state index contributed by atoms with van der Waals surface area (Å²) >= 11 is -0.289. The number of fused-ring (bicyclic) bond motifs is 1. The SMILES string of the molecule is COc1ccc([C@@H]2OC[C@H]3O[C@@H](/C=C/O[C@H]4C[C@@H](OCc5ccccc5)[C@H](COCc5ccccc5)O[C@@H]4CCC(=O)[Se]c4ccccc4)[C@H](O[Si](C)(C)C(C)(C)C)C[C@@H]3O2)cc1. The van der Waals surface area contributed by atoms with Crippen LogP contribution in [0.25, 0.3) is 0 Å². The Morgan fingerprint density at radius 3 is 2.10 bits per heavy atom. The maximum absolute atomic E-state index is 13.4. The van der Waals surface area contributed by atoms with E-state index in [-0.39, 0.29) is 61.3 Å². The Bertz CT molecular complexity index is 2010. The fraction of sp³-hybridized carbons (Fsp3) is 0.471. The molecule has 3 saturated heterocycles. The first-order valence-corrected chi connectivity index (χ1v) is 26.8. The average Bonchev–Trinajstić information content (AvgIpc) is 3.28. The summed E-state index contributed by atoms with van der Waals surface area (Å²) in [5, 5.41) is -0.0151. The van der Waals surface area contributed by atoms with Gasteiger partial charge in [-0.1, -0.05) is 45.0 Å². The molecule has 4 aromatic rings. The van der Waals surface area contributed by atoms with Gasteiger partial charge < -0.3 is 14.2 Å². The quantitative estimate of drug-likeness (QED) is 0.0670. The zero-order valence-electron chi connectivity index (χ0n) is 37.5. The predicted octanol–water partition coefficient (Wildman–Crippen LogP) is 8.85. The van der Waals surface area contributed by atoms with Gasteiger partial charge in [-0.25, -0.2) is 0 Å². The molecule has 4 aromatic carbocycles. The molecule has 0 aromatic heterocycles. The van der Waals surface area contributed by atoms with Gasteiger partial charge in [-0.3, -0.25) is 0 Å². The summed E-state index contributed by atoms with van der Waals surface area (Å²) in [6.07, 6.45) is 2.63. The molecule has 338 valence electrons. The van der Waals surface area contributed by atoms with Crippen LogP contribution in [0.15, 0.2) is 128 Å². The van der Waals surface area contributed by atoms with Crippen LogP contribution in [0, 0.1) is 0 Å². The summed E-state index contributed by atoms with van der Waals surface area (Å²) in [6.45, 7) is 12.9. The Balaban J connectivity index is 1.08. The molecule has 0 spiro atoms. The summed E-state index contributed by atoms with van der Waals surface area (Å²) in [7, 11) is -0.581. The van der Waals surface area contributed by atoms with Gasteiger partial charge in [-0.05, 0) is 30.3 Å². The van der Waals surface area contributed by atoms with Gasteiger partial charge in [0.25, 0.3) is 0 Å². The third-order valence-electron chi connectivity index (χ3n) is 12.4. The summed E-state index contributed by atoms with van der Waals surface area (Å²) in [4.78, 5) is 13.4. The van der Waals surface area contributed by atoms with Crippen LogP contribution < -0.4 is 9.20 Å². The van der Waals surface area contributed by atoms with Gasteiger partial charge in [0, 0.05) is 5.56 Å². The molecule has 63 heavy (non-hydrogen) atoms. The van der Waals surface area contributed by atoms with Crippen molar-refractivity contribution in [2.45, 2.75) is 133 Å². The minimum Gasteiger partial charge on any atom is -0.342 e. The van der Waals surface area contributed by atoms with Gasteiger partial charge in [0.15, 0.2) is 6.29 Å². The fourth-order valence-electron chi connectivity index (χ4n) is 7.79. The molecule has 0 N–H and O–H groups in total. The number of methoxy groups -OCH3 is 1. The van der Waals surface area contributed by atoms with Crippen LogP contribution in [0.1, 0.15) is 69.4 Å². The molecule has 0 bridgehead atoms. The van der Waals surface area contributed by atoms with Gasteiger partial charge in [-0.2, -0.15) is 0 Å². The summed E-state index contributed by atoms with van der Waals surface area (Å²) in [6, 6.07) is 38.0. The van der Waals surface area contributed by atoms with E-state index in [0.717, 1.165) is 26.9 Å². The summed E-state index contributed by atoms with van der Waals surface area (Å²) < 4.78 is 59.8. The van der Waals surface area contributed by atoms with Gasteiger partial charge in [0.05, 0.1) is 7.11 Å². The van der Waals surface area contributed by atoms with E-state index in [1.165, 1.54) is 0 Å². The van der Waals surface area contributed by atoms with Crippen molar-refractivity contribution in [2.24, 2.45) is 0 Å². The van der Waals surface area contributed by atoms with E-state index in [1.807, 2.05) is 97.1 Å². The van der Waals surface area contributed by atoms with Crippen LogP contribution >= 0.6 is 0 Å². The van der Waals surface area contributed by atoms with E-state index >= 15 is 0 Å². The number of carbonyl (C=O) groups is 1. The Kier molecular flexibility index (Phi) is 16.9. The van der Waals surface area contributed by atoms with Crippen molar-refractivity contribution in [1.29, 1.82) is 0 Å². The van der Waals surface area contributed by atoms with Crippen LogP contribution in [0.2, 0.25) is 18.1 Å². The van der Waals surface area contributed by atoms with Crippen LogP contribution in [-0.2, 0) is 55.6 Å². The molecule has 3 heterocycles. The molecular formula is C51H64O10SeSi. The molecule has 10 nitrogen and oxygen atoms in total. The van der Waals surface area contributed by atoms with Crippen LogP contribution in [-0.4, -0.2) is 97.1 Å². The molecule has 0 radical (unpaired) electrons. The third kappa shape index (κ3) is 13.5. The van der Waals surface area contributed by atoms with Gasteiger partial charge in [0.1, 0.15) is 5.75 Å². The van der Waals surface area contributed by atoms with Crippen molar-refractivity contribution in [1.82, 2.24) is 0 Å². The van der Waals surface area contributed by atoms with Gasteiger partial charge in [0.2, 0.25) is 0 Å². The van der Waals surface area contributed by atoms with Crippen molar-refractivity contribution in [2.75, 3.05) is 20.3 Å². The Morgan fingerprint density at radius 1 is 0.762 bits per heavy atom. The van der Waals surface area contributed by atoms with Gasteiger partial charge in [-0.15, -0.1) is 0 Å². The molecular weight excluding hydrogens is 880 g/mol. The first kappa shape index (κ1) is 47.3. The average molecular weight is 944 g/mol. The maximum atomic E-state index is 13.4. The first-order valence-electron chi connectivity index (χ1n) is 22.2. The van der Waals surface area contributed by atoms with Crippen molar-refractivity contribution >= 4 is 32.4 Å². The van der Waals surface area contributed by atoms with Crippen molar-refractivity contribution in [3.63, 3.8) is 0 Å². The number of hydrogen-bond donors (Lipinski definition) is 0. The smallest absolute Gasteiger partial charge is 0.342 e. The molecule has 0 saturated carbocycles. The van der Waals surface area contributed by atoms with Crippen LogP contribution in [0.3, 0.4) is 0 Å². The normalized spacial score (nSPS) is 26.5. The summed E-state index contributed by atoms with van der Waals surface area (Å²) in [5.74, 6) is 0.777. The van der Waals surface area contributed by atoms with E-state index in [9.17, 15) is 4.79 Å². The molecule has 12 heteroatoms. The van der Waals surface area contributed by atoms with Gasteiger partial charge >= 0.3 is 269 Å².